The molecule has 2 N–H and O–H groups in total. The average molecular weight is 316 g/mol. The standard InChI is InChI=1S/C17H20N2O4/c1-13(14-7-3-2-4-8-14)18-11-15(20)12-23-17-10-6-5-9-16(17)19(21)22/h2-10,13,15,18,20H,11-12H2,1H3/t13-,15-/m0/s1. The number of nitrogens with one attached hydrogen (secondary N) is 1. The lowest BCUT2D eigenvalue weighted by atomic mass is 10.1. The lowest BCUT2D eigenvalue weighted by Gasteiger charge is -2.18. The summed E-state index contributed by atoms with van der Waals surface area (Å²) in [5, 5.41) is 24.1. The Morgan fingerprint density at radius 3 is 2.52 bits per heavy atom. The zero-order valence-corrected chi connectivity index (χ0v) is 12.9. The molecule has 0 aliphatic rings. The fourth-order valence-corrected chi connectivity index (χ4v) is 2.15. The van der Waals surface area contributed by atoms with Gasteiger partial charge in [0, 0.05) is 18.7 Å². The van der Waals surface area contributed by atoms with Gasteiger partial charge in [-0.15, -0.1) is 0 Å². The maximum atomic E-state index is 10.9. The number of benzene rings is 2. The molecule has 23 heavy (non-hydrogen) atoms. The van der Waals surface area contributed by atoms with Crippen molar-refractivity contribution in [1.82, 2.24) is 5.32 Å². The molecule has 2 atom stereocenters. The first-order chi connectivity index (χ1) is 11.1. The van der Waals surface area contributed by atoms with Crippen LogP contribution in [0, 0.1) is 10.1 Å². The van der Waals surface area contributed by atoms with Crippen LogP contribution in [0.15, 0.2) is 54.6 Å². The Morgan fingerprint density at radius 1 is 1.17 bits per heavy atom. The first-order valence-corrected chi connectivity index (χ1v) is 7.40. The molecule has 0 fully saturated rings. The van der Waals surface area contributed by atoms with E-state index < -0.39 is 11.0 Å². The number of rotatable bonds is 8. The molecule has 0 amide bonds. The third-order valence-corrected chi connectivity index (χ3v) is 3.45. The zero-order valence-electron chi connectivity index (χ0n) is 12.9. The minimum absolute atomic E-state index is 0.0145. The van der Waals surface area contributed by atoms with E-state index in [1.54, 1.807) is 12.1 Å². The third kappa shape index (κ3) is 5.05. The highest BCUT2D eigenvalue weighted by molar-refractivity contribution is 5.45. The number of nitro groups is 1. The van der Waals surface area contributed by atoms with Gasteiger partial charge in [-0.1, -0.05) is 42.5 Å². The number of hydrogen-bond donors (Lipinski definition) is 2. The van der Waals surface area contributed by atoms with Gasteiger partial charge in [0.2, 0.25) is 0 Å². The second-order valence-electron chi connectivity index (χ2n) is 5.23. The Balaban J connectivity index is 1.82. The van der Waals surface area contributed by atoms with Crippen LogP contribution < -0.4 is 10.1 Å². The van der Waals surface area contributed by atoms with Crippen molar-refractivity contribution in [2.45, 2.75) is 19.1 Å². The number of ether oxygens (including phenoxy) is 1. The molecule has 0 saturated heterocycles. The molecule has 0 unspecified atom stereocenters. The summed E-state index contributed by atoms with van der Waals surface area (Å²) in [6, 6.07) is 16.1. The highest BCUT2D eigenvalue weighted by atomic mass is 16.6. The van der Waals surface area contributed by atoms with Crippen LogP contribution in [0.2, 0.25) is 0 Å². The summed E-state index contributed by atoms with van der Waals surface area (Å²) in [4.78, 5) is 10.4. The van der Waals surface area contributed by atoms with Gasteiger partial charge in [0.25, 0.3) is 0 Å². The monoisotopic (exact) mass is 316 g/mol. The van der Waals surface area contributed by atoms with E-state index in [9.17, 15) is 15.2 Å². The predicted molar refractivity (Wildman–Crippen MR) is 87.5 cm³/mol. The quantitative estimate of drug-likeness (QED) is 0.578. The highest BCUT2D eigenvalue weighted by Gasteiger charge is 2.15. The minimum atomic E-state index is -0.763. The van der Waals surface area contributed by atoms with Crippen LogP contribution in [0.1, 0.15) is 18.5 Å². The molecule has 0 aromatic heterocycles. The van der Waals surface area contributed by atoms with Crippen molar-refractivity contribution in [3.05, 3.63) is 70.3 Å². The van der Waals surface area contributed by atoms with Gasteiger partial charge >= 0.3 is 5.69 Å². The van der Waals surface area contributed by atoms with Crippen LogP contribution in [0.5, 0.6) is 5.75 Å². The fraction of sp³-hybridized carbons (Fsp3) is 0.294. The first-order valence-electron chi connectivity index (χ1n) is 7.40. The Morgan fingerprint density at radius 2 is 1.83 bits per heavy atom. The molecular formula is C17H20N2O4. The summed E-state index contributed by atoms with van der Waals surface area (Å²) in [5.41, 5.74) is 1.02. The summed E-state index contributed by atoms with van der Waals surface area (Å²) in [5.74, 6) is 0.160. The van der Waals surface area contributed by atoms with Crippen molar-refractivity contribution in [2.75, 3.05) is 13.2 Å². The van der Waals surface area contributed by atoms with Gasteiger partial charge in [-0.25, -0.2) is 0 Å². The van der Waals surface area contributed by atoms with Crippen molar-refractivity contribution < 1.29 is 14.8 Å². The van der Waals surface area contributed by atoms with E-state index in [1.807, 2.05) is 37.3 Å². The molecule has 0 aliphatic heterocycles. The number of nitrogens with zero attached hydrogens (tertiary/aromatic N) is 1. The third-order valence-electron chi connectivity index (χ3n) is 3.45. The van der Waals surface area contributed by atoms with Gasteiger partial charge in [0.15, 0.2) is 5.75 Å². The number of aliphatic hydroxyl groups excluding tert-OH is 1. The lowest BCUT2D eigenvalue weighted by Crippen LogP contribution is -2.33. The molecule has 2 aromatic rings. The molecule has 6 heteroatoms. The molecule has 122 valence electrons. The van der Waals surface area contributed by atoms with Crippen LogP contribution >= 0.6 is 0 Å². The Kier molecular flexibility index (Phi) is 6.08. The predicted octanol–water partition coefficient (Wildman–Crippen LogP) is 2.69. The first kappa shape index (κ1) is 16.9. The maximum absolute atomic E-state index is 10.9. The zero-order chi connectivity index (χ0) is 16.7. The molecule has 0 saturated carbocycles. The highest BCUT2D eigenvalue weighted by Crippen LogP contribution is 2.25. The van der Waals surface area contributed by atoms with E-state index in [0.29, 0.717) is 6.54 Å². The summed E-state index contributed by atoms with van der Waals surface area (Å²) in [7, 11) is 0. The van der Waals surface area contributed by atoms with Crippen LogP contribution in [-0.2, 0) is 0 Å². The van der Waals surface area contributed by atoms with Crippen molar-refractivity contribution in [2.24, 2.45) is 0 Å². The molecule has 0 heterocycles. The SMILES string of the molecule is C[C@H](NC[C@H](O)COc1ccccc1[N+](=O)[O-])c1ccccc1. The van der Waals surface area contributed by atoms with Crippen molar-refractivity contribution >= 4 is 5.69 Å². The number of aliphatic hydroxyl groups is 1. The van der Waals surface area contributed by atoms with E-state index in [4.69, 9.17) is 4.74 Å². The van der Waals surface area contributed by atoms with Gasteiger partial charge in [-0.3, -0.25) is 10.1 Å². The summed E-state index contributed by atoms with van der Waals surface area (Å²) in [6.45, 7) is 2.32. The number of nitro benzene ring substituents is 1. The Bertz CT molecular complexity index is 634. The number of hydrogen-bond acceptors (Lipinski definition) is 5. The van der Waals surface area contributed by atoms with Crippen molar-refractivity contribution in [3.8, 4) is 5.75 Å². The van der Waals surface area contributed by atoms with Gasteiger partial charge < -0.3 is 15.2 Å². The van der Waals surface area contributed by atoms with Crippen LogP contribution in [-0.4, -0.2) is 29.3 Å². The second kappa shape index (κ2) is 8.26. The topological polar surface area (TPSA) is 84.6 Å². The van der Waals surface area contributed by atoms with Crippen LogP contribution in [0.3, 0.4) is 0 Å². The molecule has 2 rings (SSSR count). The number of para-hydroxylation sites is 2. The minimum Gasteiger partial charge on any atom is -0.484 e. The molecule has 0 spiro atoms. The smallest absolute Gasteiger partial charge is 0.310 e. The fourth-order valence-electron chi connectivity index (χ4n) is 2.15. The van der Waals surface area contributed by atoms with E-state index in [1.165, 1.54) is 12.1 Å². The molecular weight excluding hydrogens is 296 g/mol. The lowest BCUT2D eigenvalue weighted by molar-refractivity contribution is -0.385. The van der Waals surface area contributed by atoms with Gasteiger partial charge in [0.1, 0.15) is 12.7 Å². The normalized spacial score (nSPS) is 13.3. The summed E-state index contributed by atoms with van der Waals surface area (Å²) in [6.07, 6.45) is -0.763. The average Bonchev–Trinajstić information content (AvgIpc) is 2.58. The van der Waals surface area contributed by atoms with Gasteiger partial charge in [-0.05, 0) is 18.6 Å². The van der Waals surface area contributed by atoms with Crippen LogP contribution in [0.4, 0.5) is 5.69 Å². The van der Waals surface area contributed by atoms with Gasteiger partial charge in [0.05, 0.1) is 4.92 Å². The Labute approximate surface area is 134 Å². The van der Waals surface area contributed by atoms with E-state index in [0.717, 1.165) is 5.56 Å². The summed E-state index contributed by atoms with van der Waals surface area (Å²) >= 11 is 0. The summed E-state index contributed by atoms with van der Waals surface area (Å²) < 4.78 is 5.37. The molecule has 6 nitrogen and oxygen atoms in total. The van der Waals surface area contributed by atoms with E-state index >= 15 is 0 Å². The van der Waals surface area contributed by atoms with Crippen molar-refractivity contribution in [1.29, 1.82) is 0 Å². The van der Waals surface area contributed by atoms with E-state index in [2.05, 4.69) is 5.32 Å². The second-order valence-corrected chi connectivity index (χ2v) is 5.23. The van der Waals surface area contributed by atoms with Crippen LogP contribution in [0.25, 0.3) is 0 Å². The molecule has 0 aliphatic carbocycles. The molecule has 0 radical (unpaired) electrons. The Hall–Kier alpha value is -2.44. The largest absolute Gasteiger partial charge is 0.484 e. The molecule has 2 aromatic carbocycles. The molecule has 0 bridgehead atoms. The van der Waals surface area contributed by atoms with Gasteiger partial charge in [-0.2, -0.15) is 0 Å². The maximum Gasteiger partial charge on any atom is 0.310 e. The van der Waals surface area contributed by atoms with E-state index in [-0.39, 0.29) is 24.1 Å². The van der Waals surface area contributed by atoms with Crippen molar-refractivity contribution in [3.63, 3.8) is 0 Å².